The van der Waals surface area contributed by atoms with Gasteiger partial charge in [-0.25, -0.2) is 0 Å². The van der Waals surface area contributed by atoms with Crippen molar-refractivity contribution in [1.29, 1.82) is 0 Å². The maximum Gasteiger partial charge on any atom is 0.226 e. The molecule has 132 valence electrons. The van der Waals surface area contributed by atoms with Crippen molar-refractivity contribution < 1.29 is 14.6 Å². The number of carbonyl (C=O) groups excluding carboxylic acids is 1. The highest BCUT2D eigenvalue weighted by molar-refractivity contribution is 5.82. The molecule has 2 fully saturated rings. The van der Waals surface area contributed by atoms with E-state index in [1.54, 1.807) is 0 Å². The fraction of sp³-hybridized carbons (Fsp3) is 0.632. The molecule has 5 heteroatoms. The van der Waals surface area contributed by atoms with E-state index in [1.807, 2.05) is 19.1 Å². The van der Waals surface area contributed by atoms with Crippen LogP contribution in [0.25, 0.3) is 0 Å². The summed E-state index contributed by atoms with van der Waals surface area (Å²) in [5.41, 5.74) is 2.39. The maximum absolute atomic E-state index is 12.2. The molecule has 1 aliphatic carbocycles. The number of hydrogen-bond acceptors (Lipinski definition) is 4. The normalized spacial score (nSPS) is 26.5. The number of likely N-dealkylation sites (tertiary alicyclic amines) is 1. The molecule has 0 spiro atoms. The maximum atomic E-state index is 12.2. The van der Waals surface area contributed by atoms with Crippen molar-refractivity contribution in [3.8, 4) is 0 Å². The number of nitrogens with zero attached hydrogens (tertiary/aromatic N) is 1. The van der Waals surface area contributed by atoms with Crippen molar-refractivity contribution in [3.05, 3.63) is 35.4 Å². The molecule has 3 atom stereocenters. The van der Waals surface area contributed by atoms with E-state index in [4.69, 9.17) is 4.74 Å². The summed E-state index contributed by atoms with van der Waals surface area (Å²) in [5, 5.41) is 12.5. The van der Waals surface area contributed by atoms with Gasteiger partial charge in [-0.15, -0.1) is 0 Å². The SMILES string of the molecule is CCOC1CC1C(=O)NCc1ccccc1CN1CCCC1CO. The Morgan fingerprint density at radius 3 is 2.92 bits per heavy atom. The second kappa shape index (κ2) is 8.10. The lowest BCUT2D eigenvalue weighted by molar-refractivity contribution is -0.123. The van der Waals surface area contributed by atoms with Gasteiger partial charge in [0.05, 0.1) is 18.6 Å². The molecule has 24 heavy (non-hydrogen) atoms. The number of rotatable bonds is 8. The van der Waals surface area contributed by atoms with Gasteiger partial charge in [-0.05, 0) is 43.9 Å². The molecule has 2 aliphatic rings. The van der Waals surface area contributed by atoms with Crippen LogP contribution in [-0.4, -0.2) is 47.8 Å². The largest absolute Gasteiger partial charge is 0.395 e. The average Bonchev–Trinajstić information content (AvgIpc) is 3.22. The van der Waals surface area contributed by atoms with Crippen molar-refractivity contribution in [2.75, 3.05) is 19.8 Å². The second-order valence-corrected chi connectivity index (χ2v) is 6.77. The quantitative estimate of drug-likeness (QED) is 0.760. The van der Waals surface area contributed by atoms with Gasteiger partial charge in [0.2, 0.25) is 5.91 Å². The van der Waals surface area contributed by atoms with Crippen LogP contribution in [0.1, 0.15) is 37.3 Å². The van der Waals surface area contributed by atoms with Crippen LogP contribution < -0.4 is 5.32 Å². The molecule has 2 N–H and O–H groups in total. The summed E-state index contributed by atoms with van der Waals surface area (Å²) in [6.07, 6.45) is 3.16. The first-order chi connectivity index (χ1) is 11.7. The molecule has 1 heterocycles. The lowest BCUT2D eigenvalue weighted by Gasteiger charge is -2.24. The lowest BCUT2D eigenvalue weighted by atomic mass is 10.1. The van der Waals surface area contributed by atoms with Crippen molar-refractivity contribution in [3.63, 3.8) is 0 Å². The minimum absolute atomic E-state index is 0.0227. The number of benzene rings is 1. The van der Waals surface area contributed by atoms with Crippen LogP contribution in [0, 0.1) is 5.92 Å². The fourth-order valence-corrected chi connectivity index (χ4v) is 3.57. The molecule has 3 unspecified atom stereocenters. The lowest BCUT2D eigenvalue weighted by Crippen LogP contribution is -2.32. The minimum Gasteiger partial charge on any atom is -0.395 e. The number of carbonyl (C=O) groups is 1. The molecule has 1 saturated carbocycles. The number of aliphatic hydroxyl groups excluding tert-OH is 1. The molecule has 1 amide bonds. The average molecular weight is 332 g/mol. The second-order valence-electron chi connectivity index (χ2n) is 6.77. The minimum atomic E-state index is 0.0227. The van der Waals surface area contributed by atoms with Gasteiger partial charge in [0.1, 0.15) is 0 Å². The topological polar surface area (TPSA) is 61.8 Å². The summed E-state index contributed by atoms with van der Waals surface area (Å²) in [6, 6.07) is 8.52. The Morgan fingerprint density at radius 2 is 2.17 bits per heavy atom. The van der Waals surface area contributed by atoms with E-state index in [2.05, 4.69) is 22.3 Å². The smallest absolute Gasteiger partial charge is 0.226 e. The van der Waals surface area contributed by atoms with Gasteiger partial charge in [0.15, 0.2) is 0 Å². The number of aliphatic hydroxyl groups is 1. The highest BCUT2D eigenvalue weighted by Crippen LogP contribution is 2.33. The van der Waals surface area contributed by atoms with E-state index >= 15 is 0 Å². The van der Waals surface area contributed by atoms with Crippen molar-refractivity contribution in [2.24, 2.45) is 5.92 Å². The summed E-state index contributed by atoms with van der Waals surface area (Å²) in [6.45, 7) is 5.27. The van der Waals surface area contributed by atoms with Gasteiger partial charge in [0, 0.05) is 25.7 Å². The molecule has 0 bridgehead atoms. The number of nitrogens with one attached hydrogen (secondary N) is 1. The Morgan fingerprint density at radius 1 is 1.38 bits per heavy atom. The Bertz CT molecular complexity index is 563. The molecular weight excluding hydrogens is 304 g/mol. The predicted molar refractivity (Wildman–Crippen MR) is 92.3 cm³/mol. The van der Waals surface area contributed by atoms with Crippen molar-refractivity contribution in [2.45, 2.75) is 51.4 Å². The zero-order chi connectivity index (χ0) is 16.9. The first kappa shape index (κ1) is 17.4. The molecule has 1 aromatic rings. The molecule has 0 aromatic heterocycles. The summed E-state index contributed by atoms with van der Waals surface area (Å²) in [7, 11) is 0. The fourth-order valence-electron chi connectivity index (χ4n) is 3.57. The zero-order valence-corrected chi connectivity index (χ0v) is 14.4. The van der Waals surface area contributed by atoms with Crippen LogP contribution in [0.2, 0.25) is 0 Å². The van der Waals surface area contributed by atoms with E-state index in [9.17, 15) is 9.90 Å². The number of amides is 1. The summed E-state index contributed by atoms with van der Waals surface area (Å²) in [4.78, 5) is 14.5. The van der Waals surface area contributed by atoms with Gasteiger partial charge in [-0.1, -0.05) is 24.3 Å². The Hall–Kier alpha value is -1.43. The summed E-state index contributed by atoms with van der Waals surface area (Å²) in [5.74, 6) is 0.118. The molecule has 1 aromatic carbocycles. The van der Waals surface area contributed by atoms with Crippen LogP contribution in [0.3, 0.4) is 0 Å². The Labute approximate surface area is 144 Å². The Balaban J connectivity index is 1.55. The molecular formula is C19H28N2O3. The zero-order valence-electron chi connectivity index (χ0n) is 14.4. The van der Waals surface area contributed by atoms with E-state index in [1.165, 1.54) is 5.56 Å². The highest BCUT2D eigenvalue weighted by atomic mass is 16.5. The van der Waals surface area contributed by atoms with Gasteiger partial charge in [0.25, 0.3) is 0 Å². The van der Waals surface area contributed by atoms with E-state index in [0.29, 0.717) is 13.2 Å². The van der Waals surface area contributed by atoms with Gasteiger partial charge in [-0.2, -0.15) is 0 Å². The molecule has 5 nitrogen and oxygen atoms in total. The van der Waals surface area contributed by atoms with Crippen LogP contribution in [0.15, 0.2) is 24.3 Å². The van der Waals surface area contributed by atoms with Crippen LogP contribution in [-0.2, 0) is 22.6 Å². The highest BCUT2D eigenvalue weighted by Gasteiger charge is 2.43. The third-order valence-electron chi connectivity index (χ3n) is 5.10. The third-order valence-corrected chi connectivity index (χ3v) is 5.10. The standard InChI is InChI=1S/C19H28N2O3/c1-2-24-18-10-17(18)19(23)20-11-14-6-3-4-7-15(14)12-21-9-5-8-16(21)13-22/h3-4,6-7,16-18,22H,2,5,8-13H2,1H3,(H,20,23). The predicted octanol–water partition coefficient (Wildman–Crippen LogP) is 1.68. The number of ether oxygens (including phenoxy) is 1. The van der Waals surface area contributed by atoms with Crippen LogP contribution >= 0.6 is 0 Å². The van der Waals surface area contributed by atoms with E-state index in [-0.39, 0.29) is 30.6 Å². The Kier molecular flexibility index (Phi) is 5.87. The van der Waals surface area contributed by atoms with Crippen molar-refractivity contribution >= 4 is 5.91 Å². The van der Waals surface area contributed by atoms with E-state index < -0.39 is 0 Å². The molecule has 3 rings (SSSR count). The van der Waals surface area contributed by atoms with Gasteiger partial charge >= 0.3 is 0 Å². The summed E-state index contributed by atoms with van der Waals surface area (Å²) >= 11 is 0. The van der Waals surface area contributed by atoms with Crippen LogP contribution in [0.5, 0.6) is 0 Å². The first-order valence-corrected chi connectivity index (χ1v) is 9.04. The van der Waals surface area contributed by atoms with Crippen molar-refractivity contribution in [1.82, 2.24) is 10.2 Å². The first-order valence-electron chi connectivity index (χ1n) is 9.04. The summed E-state index contributed by atoms with van der Waals surface area (Å²) < 4.78 is 5.48. The van der Waals surface area contributed by atoms with Gasteiger partial charge in [-0.3, -0.25) is 9.69 Å². The molecule has 1 aliphatic heterocycles. The van der Waals surface area contributed by atoms with E-state index in [0.717, 1.165) is 37.9 Å². The molecule has 1 saturated heterocycles. The monoisotopic (exact) mass is 332 g/mol. The number of hydrogen-bond donors (Lipinski definition) is 2. The van der Waals surface area contributed by atoms with Crippen LogP contribution in [0.4, 0.5) is 0 Å². The third kappa shape index (κ3) is 4.15. The van der Waals surface area contributed by atoms with Gasteiger partial charge < -0.3 is 15.2 Å². The molecule has 0 radical (unpaired) electrons.